The second-order valence-electron chi connectivity index (χ2n) is 14.1. The first-order chi connectivity index (χ1) is 25.4. The van der Waals surface area contributed by atoms with E-state index in [0.29, 0.717) is 0 Å². The average molecular weight is 671 g/mol. The molecule has 0 spiro atoms. The van der Waals surface area contributed by atoms with Crippen LogP contribution >= 0.6 is 0 Å². The zero-order valence-electron chi connectivity index (χ0n) is 30.6. The van der Waals surface area contributed by atoms with Crippen molar-refractivity contribution in [2.75, 3.05) is 0 Å². The largest absolute Gasteiger partial charge is 0.0622 e. The molecule has 0 aliphatic rings. The second kappa shape index (κ2) is 15.9. The number of benzene rings is 7. The molecule has 0 N–H and O–H groups in total. The molecule has 0 nitrogen and oxygen atoms in total. The Hall–Kier alpha value is -5.98. The molecule has 0 amide bonds. The van der Waals surface area contributed by atoms with E-state index in [1.54, 1.807) is 0 Å². The van der Waals surface area contributed by atoms with Crippen LogP contribution in [0.5, 0.6) is 0 Å². The summed E-state index contributed by atoms with van der Waals surface area (Å²) < 4.78 is 0. The van der Waals surface area contributed by atoms with Crippen LogP contribution in [0.3, 0.4) is 0 Å². The predicted octanol–water partition coefficient (Wildman–Crippen LogP) is 13.6. The molecule has 254 valence electrons. The third-order valence-corrected chi connectivity index (χ3v) is 10.2. The fraction of sp³-hybridized carbons (Fsp3) is 0.115. The highest BCUT2D eigenvalue weighted by atomic mass is 14.2. The van der Waals surface area contributed by atoms with Crippen LogP contribution in [0.25, 0.3) is 24.3 Å². The van der Waals surface area contributed by atoms with Crippen LogP contribution in [0.15, 0.2) is 170 Å². The molecule has 7 rings (SSSR count). The maximum absolute atomic E-state index is 2.35. The molecule has 2 atom stereocenters. The summed E-state index contributed by atoms with van der Waals surface area (Å²) in [7, 11) is 0. The van der Waals surface area contributed by atoms with E-state index in [9.17, 15) is 0 Å². The summed E-state index contributed by atoms with van der Waals surface area (Å²) in [6, 6.07) is 62.1. The van der Waals surface area contributed by atoms with E-state index in [1.807, 2.05) is 0 Å². The molecule has 0 aromatic heterocycles. The topological polar surface area (TPSA) is 0 Å². The van der Waals surface area contributed by atoms with Crippen molar-refractivity contribution < 1.29 is 0 Å². The van der Waals surface area contributed by atoms with Crippen molar-refractivity contribution in [3.63, 3.8) is 0 Å². The molecule has 7 aromatic rings. The summed E-state index contributed by atoms with van der Waals surface area (Å²) in [5.74, 6) is 0.389. The van der Waals surface area contributed by atoms with Gasteiger partial charge in [-0.3, -0.25) is 0 Å². The van der Waals surface area contributed by atoms with Crippen molar-refractivity contribution in [1.29, 1.82) is 0 Å². The van der Waals surface area contributed by atoms with Crippen LogP contribution in [0.1, 0.15) is 89.7 Å². The summed E-state index contributed by atoms with van der Waals surface area (Å²) in [5.41, 5.74) is 17.8. The molecular weight excluding hydrogens is 625 g/mol. The van der Waals surface area contributed by atoms with Gasteiger partial charge >= 0.3 is 0 Å². The van der Waals surface area contributed by atoms with Crippen LogP contribution < -0.4 is 0 Å². The first-order valence-corrected chi connectivity index (χ1v) is 18.3. The lowest BCUT2D eigenvalue weighted by atomic mass is 9.84. The molecule has 0 heteroatoms. The summed E-state index contributed by atoms with van der Waals surface area (Å²) >= 11 is 0. The summed E-state index contributed by atoms with van der Waals surface area (Å²) in [6.45, 7) is 8.73. The van der Waals surface area contributed by atoms with Gasteiger partial charge in [0, 0.05) is 11.8 Å². The zero-order valence-corrected chi connectivity index (χ0v) is 30.6. The van der Waals surface area contributed by atoms with E-state index in [-0.39, 0.29) is 11.8 Å². The van der Waals surface area contributed by atoms with Gasteiger partial charge in [0.25, 0.3) is 0 Å². The van der Waals surface area contributed by atoms with E-state index < -0.39 is 0 Å². The Morgan fingerprint density at radius 3 is 1.06 bits per heavy atom. The fourth-order valence-corrected chi connectivity index (χ4v) is 7.23. The summed E-state index contributed by atoms with van der Waals surface area (Å²) in [5, 5.41) is 0. The number of hydrogen-bond donors (Lipinski definition) is 0. The first-order valence-electron chi connectivity index (χ1n) is 18.3. The lowest BCUT2D eigenvalue weighted by Gasteiger charge is -2.20. The Kier molecular flexibility index (Phi) is 10.6. The SMILES string of the molecule is Cc1ccc(C(c2ccccc2)c2ccc(C=Cc3cccc(C=Cc4ccc(C(c5ccccc5)c5ccc(C)cc5)cc4C)c3)c(C)c2)cc1. The van der Waals surface area contributed by atoms with Crippen LogP contribution in [-0.2, 0) is 0 Å². The van der Waals surface area contributed by atoms with Crippen molar-refractivity contribution in [1.82, 2.24) is 0 Å². The molecule has 0 saturated heterocycles. The molecule has 0 saturated carbocycles. The molecule has 52 heavy (non-hydrogen) atoms. The molecule has 2 unspecified atom stereocenters. The third-order valence-electron chi connectivity index (χ3n) is 10.2. The zero-order chi connectivity index (χ0) is 35.9. The van der Waals surface area contributed by atoms with Crippen LogP contribution in [0.4, 0.5) is 0 Å². The standard InChI is InChI=1S/C52H46/c1-37-18-24-47(25-19-37)51(45-14-7-5-8-15-45)49-32-30-43(39(3)34-49)28-22-41-12-11-13-42(36-41)23-29-44-31-33-50(35-40(44)4)52(46-16-9-6-10-17-46)48-26-20-38(2)21-27-48/h5-36,51-52H,1-4H3. The fourth-order valence-electron chi connectivity index (χ4n) is 7.23. The van der Waals surface area contributed by atoms with Crippen molar-refractivity contribution in [2.24, 2.45) is 0 Å². The molecule has 0 aliphatic heterocycles. The highest BCUT2D eigenvalue weighted by Gasteiger charge is 2.18. The van der Waals surface area contributed by atoms with E-state index in [2.05, 4.69) is 222 Å². The Morgan fingerprint density at radius 2 is 0.673 bits per heavy atom. The van der Waals surface area contributed by atoms with Gasteiger partial charge in [0.1, 0.15) is 0 Å². The van der Waals surface area contributed by atoms with Crippen LogP contribution in [0.2, 0.25) is 0 Å². The molecular formula is C52H46. The Labute approximate surface area is 310 Å². The van der Waals surface area contributed by atoms with Crippen molar-refractivity contribution >= 4 is 24.3 Å². The van der Waals surface area contributed by atoms with E-state index in [1.165, 1.54) is 77.9 Å². The minimum atomic E-state index is 0.195. The molecule has 0 radical (unpaired) electrons. The number of rotatable bonds is 10. The number of hydrogen-bond acceptors (Lipinski definition) is 0. The van der Waals surface area contributed by atoms with Gasteiger partial charge in [0.15, 0.2) is 0 Å². The number of aryl methyl sites for hydroxylation is 4. The van der Waals surface area contributed by atoms with Gasteiger partial charge in [-0.1, -0.05) is 199 Å². The molecule has 0 fully saturated rings. The summed E-state index contributed by atoms with van der Waals surface area (Å²) in [4.78, 5) is 0. The highest BCUT2D eigenvalue weighted by Crippen LogP contribution is 2.35. The van der Waals surface area contributed by atoms with Gasteiger partial charge in [0.2, 0.25) is 0 Å². The lowest BCUT2D eigenvalue weighted by molar-refractivity contribution is 0.972. The van der Waals surface area contributed by atoms with Gasteiger partial charge in [-0.15, -0.1) is 0 Å². The molecule has 0 aliphatic carbocycles. The van der Waals surface area contributed by atoms with Crippen molar-refractivity contribution in [2.45, 2.75) is 39.5 Å². The Morgan fingerprint density at radius 1 is 0.308 bits per heavy atom. The van der Waals surface area contributed by atoms with Gasteiger partial charge in [-0.25, -0.2) is 0 Å². The lowest BCUT2D eigenvalue weighted by Crippen LogP contribution is -2.04. The van der Waals surface area contributed by atoms with E-state index in [4.69, 9.17) is 0 Å². The minimum absolute atomic E-state index is 0.195. The van der Waals surface area contributed by atoms with Gasteiger partial charge in [-0.2, -0.15) is 0 Å². The summed E-state index contributed by atoms with van der Waals surface area (Å²) in [6.07, 6.45) is 8.93. The molecule has 0 heterocycles. The average Bonchev–Trinajstić information content (AvgIpc) is 3.17. The van der Waals surface area contributed by atoms with Crippen molar-refractivity contribution in [3.8, 4) is 0 Å². The van der Waals surface area contributed by atoms with Gasteiger partial charge in [-0.05, 0) is 101 Å². The smallest absolute Gasteiger partial charge is 0.0340 e. The van der Waals surface area contributed by atoms with Gasteiger partial charge in [0.05, 0.1) is 0 Å². The third kappa shape index (κ3) is 8.14. The highest BCUT2D eigenvalue weighted by molar-refractivity contribution is 5.76. The quantitative estimate of drug-likeness (QED) is 0.100. The molecule has 0 bridgehead atoms. The van der Waals surface area contributed by atoms with E-state index >= 15 is 0 Å². The second-order valence-corrected chi connectivity index (χ2v) is 14.1. The Bertz CT molecular complexity index is 2140. The van der Waals surface area contributed by atoms with Crippen molar-refractivity contribution in [3.05, 3.63) is 248 Å². The maximum atomic E-state index is 2.35. The Balaban J connectivity index is 1.09. The minimum Gasteiger partial charge on any atom is -0.0622 e. The maximum Gasteiger partial charge on any atom is 0.0340 e. The van der Waals surface area contributed by atoms with Crippen LogP contribution in [-0.4, -0.2) is 0 Å². The van der Waals surface area contributed by atoms with Gasteiger partial charge < -0.3 is 0 Å². The normalized spacial score (nSPS) is 12.7. The first kappa shape index (κ1) is 34.5. The predicted molar refractivity (Wildman–Crippen MR) is 224 cm³/mol. The monoisotopic (exact) mass is 670 g/mol. The van der Waals surface area contributed by atoms with Crippen LogP contribution in [0, 0.1) is 27.7 Å². The van der Waals surface area contributed by atoms with E-state index in [0.717, 1.165) is 0 Å². The molecule has 7 aromatic carbocycles.